The normalized spacial score (nSPS) is 11.8. The molecule has 0 saturated heterocycles. The van der Waals surface area contributed by atoms with Crippen LogP contribution in [-0.4, -0.2) is 35.6 Å². The van der Waals surface area contributed by atoms with Crippen molar-refractivity contribution in [3.05, 3.63) is 30.1 Å². The average molecular weight is 311 g/mol. The molecule has 0 atom stereocenters. The maximum Gasteiger partial charge on any atom is 0.240 e. The van der Waals surface area contributed by atoms with Crippen LogP contribution in [0, 0.1) is 5.92 Å². The van der Waals surface area contributed by atoms with Crippen molar-refractivity contribution in [2.45, 2.75) is 25.3 Å². The number of aromatic amines is 1. The van der Waals surface area contributed by atoms with Gasteiger partial charge in [0.15, 0.2) is 5.82 Å². The van der Waals surface area contributed by atoms with Crippen LogP contribution in [-0.2, 0) is 16.6 Å². The van der Waals surface area contributed by atoms with E-state index in [0.29, 0.717) is 18.3 Å². The second-order valence-corrected chi connectivity index (χ2v) is 6.60. The minimum absolute atomic E-state index is 0.0234. The zero-order valence-electron chi connectivity index (χ0n) is 11.8. The minimum atomic E-state index is -3.61. The van der Waals surface area contributed by atoms with E-state index in [1.165, 1.54) is 12.1 Å². The van der Waals surface area contributed by atoms with Crippen molar-refractivity contribution in [3.8, 4) is 5.75 Å². The molecule has 0 spiro atoms. The van der Waals surface area contributed by atoms with Crippen molar-refractivity contribution in [1.82, 2.24) is 25.3 Å². The molecule has 1 aromatic heterocycles. The Morgan fingerprint density at radius 2 is 2.00 bits per heavy atom. The fraction of sp³-hybridized carbons (Fsp3) is 0.417. The second kappa shape index (κ2) is 6.64. The number of hydrogen-bond acceptors (Lipinski definition) is 6. The lowest BCUT2D eigenvalue weighted by Crippen LogP contribution is -2.23. The largest absolute Gasteiger partial charge is 0.493 e. The standard InChI is InChI=1S/C12H17N5O3S/c1-9(2)8-20-10-3-5-11(6-4-10)21(18,19)13-7-12-14-16-17-15-12/h3-6,9,13H,7-8H2,1-2H3,(H,14,15,16,17). The van der Waals surface area contributed by atoms with Crippen molar-refractivity contribution >= 4 is 10.0 Å². The Balaban J connectivity index is 1.99. The quantitative estimate of drug-likeness (QED) is 0.779. The fourth-order valence-electron chi connectivity index (χ4n) is 1.48. The number of rotatable bonds is 7. The van der Waals surface area contributed by atoms with Crippen LogP contribution in [0.3, 0.4) is 0 Å². The summed E-state index contributed by atoms with van der Waals surface area (Å²) in [4.78, 5) is 0.155. The van der Waals surface area contributed by atoms with Gasteiger partial charge in [-0.15, -0.1) is 10.2 Å². The molecule has 2 rings (SSSR count). The van der Waals surface area contributed by atoms with Crippen molar-refractivity contribution in [1.29, 1.82) is 0 Å². The summed E-state index contributed by atoms with van der Waals surface area (Å²) in [5.74, 6) is 1.32. The molecule has 1 heterocycles. The molecule has 0 bridgehead atoms. The Kier molecular flexibility index (Phi) is 4.86. The van der Waals surface area contributed by atoms with Crippen molar-refractivity contribution in [2.75, 3.05) is 6.61 Å². The first-order valence-electron chi connectivity index (χ1n) is 6.42. The molecule has 0 fully saturated rings. The summed E-state index contributed by atoms with van der Waals surface area (Å²) in [5.41, 5.74) is 0. The van der Waals surface area contributed by atoms with Gasteiger partial charge in [-0.2, -0.15) is 5.21 Å². The van der Waals surface area contributed by atoms with Crippen molar-refractivity contribution in [3.63, 3.8) is 0 Å². The topological polar surface area (TPSA) is 110 Å². The summed E-state index contributed by atoms with van der Waals surface area (Å²) >= 11 is 0. The van der Waals surface area contributed by atoms with Crippen LogP contribution in [0.5, 0.6) is 5.75 Å². The summed E-state index contributed by atoms with van der Waals surface area (Å²) in [5, 5.41) is 13.0. The third-order valence-corrected chi connectivity index (χ3v) is 3.94. The highest BCUT2D eigenvalue weighted by molar-refractivity contribution is 7.89. The van der Waals surface area contributed by atoms with E-state index in [4.69, 9.17) is 4.74 Å². The van der Waals surface area contributed by atoms with Crippen LogP contribution in [0.15, 0.2) is 29.2 Å². The van der Waals surface area contributed by atoms with E-state index in [2.05, 4.69) is 25.3 Å². The van der Waals surface area contributed by atoms with Gasteiger partial charge in [0, 0.05) is 0 Å². The minimum Gasteiger partial charge on any atom is -0.493 e. The molecule has 0 saturated carbocycles. The van der Waals surface area contributed by atoms with E-state index < -0.39 is 10.0 Å². The number of nitrogens with zero attached hydrogens (tertiary/aromatic N) is 3. The molecular formula is C12H17N5O3S. The summed E-state index contributed by atoms with van der Waals surface area (Å²) in [6.07, 6.45) is 0. The van der Waals surface area contributed by atoms with Gasteiger partial charge in [-0.05, 0) is 30.2 Å². The van der Waals surface area contributed by atoms with Crippen LogP contribution in [0.25, 0.3) is 0 Å². The highest BCUT2D eigenvalue weighted by atomic mass is 32.2. The number of nitrogens with one attached hydrogen (secondary N) is 2. The molecule has 114 valence electrons. The Labute approximate surface area is 123 Å². The van der Waals surface area contributed by atoms with E-state index >= 15 is 0 Å². The molecule has 1 aromatic carbocycles. The SMILES string of the molecule is CC(C)COc1ccc(S(=O)(=O)NCc2nn[nH]n2)cc1. The van der Waals surface area contributed by atoms with Gasteiger partial charge in [-0.1, -0.05) is 19.1 Å². The summed E-state index contributed by atoms with van der Waals surface area (Å²) in [6, 6.07) is 6.25. The Hall–Kier alpha value is -2.00. The third-order valence-electron chi connectivity index (χ3n) is 2.53. The number of H-pyrrole nitrogens is 1. The Morgan fingerprint density at radius 1 is 1.29 bits per heavy atom. The molecule has 0 amide bonds. The number of benzene rings is 1. The summed E-state index contributed by atoms with van der Waals surface area (Å²) < 4.78 is 32.0. The smallest absolute Gasteiger partial charge is 0.240 e. The Bertz CT molecular complexity index is 653. The molecule has 21 heavy (non-hydrogen) atoms. The van der Waals surface area contributed by atoms with Crippen LogP contribution >= 0.6 is 0 Å². The zero-order chi connectivity index (χ0) is 15.3. The predicted molar refractivity (Wildman–Crippen MR) is 75.0 cm³/mol. The van der Waals surface area contributed by atoms with E-state index in [1.54, 1.807) is 12.1 Å². The molecule has 0 aliphatic rings. The lowest BCUT2D eigenvalue weighted by Gasteiger charge is -2.09. The second-order valence-electron chi connectivity index (χ2n) is 4.83. The number of aromatic nitrogens is 4. The fourth-order valence-corrected chi connectivity index (χ4v) is 2.46. The number of hydrogen-bond donors (Lipinski definition) is 2. The van der Waals surface area contributed by atoms with Gasteiger partial charge in [-0.25, -0.2) is 13.1 Å². The highest BCUT2D eigenvalue weighted by Crippen LogP contribution is 2.16. The Morgan fingerprint density at radius 3 is 2.57 bits per heavy atom. The molecular weight excluding hydrogens is 294 g/mol. The average Bonchev–Trinajstić information content (AvgIpc) is 2.97. The highest BCUT2D eigenvalue weighted by Gasteiger charge is 2.14. The van der Waals surface area contributed by atoms with E-state index in [9.17, 15) is 8.42 Å². The van der Waals surface area contributed by atoms with Gasteiger partial charge in [0.2, 0.25) is 10.0 Å². The molecule has 0 aliphatic carbocycles. The van der Waals surface area contributed by atoms with Gasteiger partial charge < -0.3 is 4.74 Å². The molecule has 2 N–H and O–H groups in total. The first kappa shape index (κ1) is 15.4. The first-order valence-corrected chi connectivity index (χ1v) is 7.90. The maximum absolute atomic E-state index is 12.1. The van der Waals surface area contributed by atoms with Crippen molar-refractivity contribution < 1.29 is 13.2 Å². The molecule has 2 aromatic rings. The van der Waals surface area contributed by atoms with Crippen LogP contribution in [0.4, 0.5) is 0 Å². The number of ether oxygens (including phenoxy) is 1. The first-order chi connectivity index (χ1) is 9.97. The van der Waals surface area contributed by atoms with Gasteiger partial charge >= 0.3 is 0 Å². The third kappa shape index (κ3) is 4.50. The van der Waals surface area contributed by atoms with Crippen LogP contribution in [0.2, 0.25) is 0 Å². The van der Waals surface area contributed by atoms with E-state index in [0.717, 1.165) is 0 Å². The molecule has 9 heteroatoms. The van der Waals surface area contributed by atoms with E-state index in [-0.39, 0.29) is 17.3 Å². The van der Waals surface area contributed by atoms with Gasteiger partial charge in [0.25, 0.3) is 0 Å². The van der Waals surface area contributed by atoms with Crippen LogP contribution < -0.4 is 9.46 Å². The van der Waals surface area contributed by atoms with Gasteiger partial charge in [-0.3, -0.25) is 0 Å². The van der Waals surface area contributed by atoms with Crippen LogP contribution in [0.1, 0.15) is 19.7 Å². The van der Waals surface area contributed by atoms with Gasteiger partial charge in [0.1, 0.15) is 5.75 Å². The van der Waals surface area contributed by atoms with Crippen molar-refractivity contribution in [2.24, 2.45) is 5.92 Å². The predicted octanol–water partition coefficient (Wildman–Crippen LogP) is 0.713. The monoisotopic (exact) mass is 311 g/mol. The lowest BCUT2D eigenvalue weighted by atomic mass is 10.2. The number of sulfonamides is 1. The molecule has 0 unspecified atom stereocenters. The number of tetrazole rings is 1. The summed E-state index contributed by atoms with van der Waals surface area (Å²) in [6.45, 7) is 4.65. The molecule has 8 nitrogen and oxygen atoms in total. The lowest BCUT2D eigenvalue weighted by molar-refractivity contribution is 0.271. The van der Waals surface area contributed by atoms with Gasteiger partial charge in [0.05, 0.1) is 18.0 Å². The van der Waals surface area contributed by atoms with E-state index in [1.807, 2.05) is 13.8 Å². The molecule has 0 aliphatic heterocycles. The zero-order valence-corrected chi connectivity index (χ0v) is 12.6. The molecule has 0 radical (unpaired) electrons. The summed E-state index contributed by atoms with van der Waals surface area (Å²) in [7, 11) is -3.61. The maximum atomic E-state index is 12.1.